The summed E-state index contributed by atoms with van der Waals surface area (Å²) in [7, 11) is 0. The van der Waals surface area contributed by atoms with Gasteiger partial charge in [0, 0.05) is 25.0 Å². The summed E-state index contributed by atoms with van der Waals surface area (Å²) in [4.78, 5) is 15.6. The van der Waals surface area contributed by atoms with Crippen molar-refractivity contribution in [1.29, 1.82) is 0 Å². The number of carbonyl (C=O) groups excluding carboxylic acids is 1. The Bertz CT molecular complexity index is 325. The molecule has 1 aliphatic heterocycles. The van der Waals surface area contributed by atoms with Crippen LogP contribution < -0.4 is 10.6 Å². The molecule has 2 N–H and O–H groups in total. The van der Waals surface area contributed by atoms with Crippen LogP contribution in [0.1, 0.15) is 18.5 Å². The molecule has 4 nitrogen and oxygen atoms in total. The van der Waals surface area contributed by atoms with Crippen molar-refractivity contribution in [3.8, 4) is 0 Å². The predicted molar refractivity (Wildman–Crippen MR) is 52.6 cm³/mol. The number of piperazine rings is 1. The molecule has 1 amide bonds. The van der Waals surface area contributed by atoms with Gasteiger partial charge < -0.3 is 10.6 Å². The zero-order valence-corrected chi connectivity index (χ0v) is 8.03. The molecule has 1 saturated heterocycles. The summed E-state index contributed by atoms with van der Waals surface area (Å²) in [5, 5.41) is 6.08. The molecular weight excluding hydrogens is 178 g/mol. The van der Waals surface area contributed by atoms with Crippen molar-refractivity contribution in [2.24, 2.45) is 0 Å². The highest BCUT2D eigenvalue weighted by atomic mass is 16.2. The summed E-state index contributed by atoms with van der Waals surface area (Å²) in [6, 6.07) is 3.69. The van der Waals surface area contributed by atoms with E-state index in [2.05, 4.69) is 15.6 Å². The minimum absolute atomic E-state index is 0.0248. The normalized spacial score (nSPS) is 27.1. The number of hydrogen-bond donors (Lipinski definition) is 2. The third-order valence-electron chi connectivity index (χ3n) is 2.30. The van der Waals surface area contributed by atoms with Crippen molar-refractivity contribution < 1.29 is 4.79 Å². The van der Waals surface area contributed by atoms with Crippen LogP contribution in [0.4, 0.5) is 0 Å². The van der Waals surface area contributed by atoms with Crippen LogP contribution >= 0.6 is 0 Å². The summed E-state index contributed by atoms with van der Waals surface area (Å²) in [5.74, 6) is 0.0248. The van der Waals surface area contributed by atoms with Gasteiger partial charge in [-0.1, -0.05) is 6.07 Å². The van der Waals surface area contributed by atoms with Crippen molar-refractivity contribution in [1.82, 2.24) is 15.6 Å². The van der Waals surface area contributed by atoms with Gasteiger partial charge in [0.05, 0.1) is 0 Å². The van der Waals surface area contributed by atoms with Gasteiger partial charge in [0.15, 0.2) is 0 Å². The molecular formula is C10H13N3O. The Balaban J connectivity index is 2.16. The van der Waals surface area contributed by atoms with Crippen LogP contribution in [0.25, 0.3) is 0 Å². The topological polar surface area (TPSA) is 54.0 Å². The minimum Gasteiger partial charge on any atom is -0.351 e. The summed E-state index contributed by atoms with van der Waals surface area (Å²) in [5.41, 5.74) is 0.914. The van der Waals surface area contributed by atoms with Crippen LogP contribution in [0.5, 0.6) is 0 Å². The van der Waals surface area contributed by atoms with Crippen molar-refractivity contribution in [2.45, 2.75) is 19.0 Å². The zero-order valence-electron chi connectivity index (χ0n) is 8.03. The van der Waals surface area contributed by atoms with Gasteiger partial charge in [-0.25, -0.2) is 0 Å². The fourth-order valence-corrected chi connectivity index (χ4v) is 1.58. The van der Waals surface area contributed by atoms with Gasteiger partial charge in [-0.3, -0.25) is 9.78 Å². The lowest BCUT2D eigenvalue weighted by Crippen LogP contribution is -2.52. The lowest BCUT2D eigenvalue weighted by Gasteiger charge is -2.28. The molecule has 1 aromatic rings. The number of nitrogens with zero attached hydrogens (tertiary/aromatic N) is 1. The summed E-state index contributed by atoms with van der Waals surface area (Å²) in [6.07, 6.45) is 3.42. The van der Waals surface area contributed by atoms with Crippen molar-refractivity contribution in [3.63, 3.8) is 0 Å². The molecule has 2 rings (SSSR count). The third-order valence-corrected chi connectivity index (χ3v) is 2.30. The first-order valence-corrected chi connectivity index (χ1v) is 4.71. The largest absolute Gasteiger partial charge is 0.351 e. The van der Waals surface area contributed by atoms with E-state index in [1.54, 1.807) is 12.4 Å². The van der Waals surface area contributed by atoms with Crippen LogP contribution in [0.3, 0.4) is 0 Å². The van der Waals surface area contributed by atoms with Crippen LogP contribution in [0, 0.1) is 0 Å². The van der Waals surface area contributed by atoms with Gasteiger partial charge in [0.2, 0.25) is 5.91 Å². The average Bonchev–Trinajstić information content (AvgIpc) is 2.19. The van der Waals surface area contributed by atoms with Crippen LogP contribution in [0.2, 0.25) is 0 Å². The summed E-state index contributed by atoms with van der Waals surface area (Å²) in [6.45, 7) is 2.77. The standard InChI is InChI=1S/C10H13N3O/c1-7-5-12-9(10(14)13-7)8-3-2-4-11-6-8/h2-4,6-7,9,12H,5H2,1H3,(H,13,14)/t7-,9+/m0/s1. The van der Waals surface area contributed by atoms with Gasteiger partial charge >= 0.3 is 0 Å². The maximum absolute atomic E-state index is 11.6. The Morgan fingerprint density at radius 1 is 1.57 bits per heavy atom. The van der Waals surface area contributed by atoms with E-state index in [1.807, 2.05) is 19.1 Å². The van der Waals surface area contributed by atoms with E-state index in [1.165, 1.54) is 0 Å². The van der Waals surface area contributed by atoms with E-state index in [-0.39, 0.29) is 18.0 Å². The number of nitrogens with one attached hydrogen (secondary N) is 2. The first kappa shape index (κ1) is 9.15. The third kappa shape index (κ3) is 1.75. The molecule has 1 aromatic heterocycles. The molecule has 0 aliphatic carbocycles. The molecule has 1 aliphatic rings. The molecule has 0 radical (unpaired) electrons. The van der Waals surface area contributed by atoms with E-state index in [0.717, 1.165) is 12.1 Å². The van der Waals surface area contributed by atoms with E-state index < -0.39 is 0 Å². The lowest BCUT2D eigenvalue weighted by molar-refractivity contribution is -0.125. The van der Waals surface area contributed by atoms with Gasteiger partial charge in [0.1, 0.15) is 6.04 Å². The monoisotopic (exact) mass is 191 g/mol. The maximum atomic E-state index is 11.6. The van der Waals surface area contributed by atoms with Crippen molar-refractivity contribution in [3.05, 3.63) is 30.1 Å². The number of pyridine rings is 1. The van der Waals surface area contributed by atoms with Crippen LogP contribution in [-0.4, -0.2) is 23.5 Å². The second-order valence-electron chi connectivity index (χ2n) is 3.54. The van der Waals surface area contributed by atoms with Gasteiger partial charge in [0.25, 0.3) is 0 Å². The van der Waals surface area contributed by atoms with E-state index >= 15 is 0 Å². The van der Waals surface area contributed by atoms with Crippen molar-refractivity contribution >= 4 is 5.91 Å². The second-order valence-corrected chi connectivity index (χ2v) is 3.54. The Hall–Kier alpha value is -1.42. The highest BCUT2D eigenvalue weighted by molar-refractivity contribution is 5.84. The Morgan fingerprint density at radius 2 is 2.43 bits per heavy atom. The Labute approximate surface area is 82.7 Å². The van der Waals surface area contributed by atoms with Gasteiger partial charge in [-0.05, 0) is 18.6 Å². The molecule has 2 heterocycles. The molecule has 1 fully saturated rings. The SMILES string of the molecule is C[C@H]1CN[C@H](c2cccnc2)C(=O)N1. The first-order chi connectivity index (χ1) is 6.77. The highest BCUT2D eigenvalue weighted by Gasteiger charge is 2.26. The molecule has 2 atom stereocenters. The molecule has 74 valence electrons. The fourth-order valence-electron chi connectivity index (χ4n) is 1.58. The molecule has 0 spiro atoms. The van der Waals surface area contributed by atoms with E-state index in [0.29, 0.717) is 0 Å². The maximum Gasteiger partial charge on any atom is 0.242 e. The van der Waals surface area contributed by atoms with Crippen LogP contribution in [0.15, 0.2) is 24.5 Å². The van der Waals surface area contributed by atoms with Crippen LogP contribution in [-0.2, 0) is 4.79 Å². The number of rotatable bonds is 1. The number of carbonyl (C=O) groups is 1. The highest BCUT2D eigenvalue weighted by Crippen LogP contribution is 2.13. The predicted octanol–water partition coefficient (Wildman–Crippen LogP) is 0.231. The molecule has 4 heteroatoms. The molecule has 0 bridgehead atoms. The number of aromatic nitrogens is 1. The second kappa shape index (κ2) is 3.75. The van der Waals surface area contributed by atoms with Crippen molar-refractivity contribution in [2.75, 3.05) is 6.54 Å². The first-order valence-electron chi connectivity index (χ1n) is 4.71. The fraction of sp³-hybridized carbons (Fsp3) is 0.400. The molecule has 14 heavy (non-hydrogen) atoms. The Kier molecular flexibility index (Phi) is 2.45. The summed E-state index contributed by atoms with van der Waals surface area (Å²) < 4.78 is 0. The Morgan fingerprint density at radius 3 is 3.07 bits per heavy atom. The average molecular weight is 191 g/mol. The number of amides is 1. The zero-order chi connectivity index (χ0) is 9.97. The molecule has 0 aromatic carbocycles. The smallest absolute Gasteiger partial charge is 0.242 e. The van der Waals surface area contributed by atoms with Gasteiger partial charge in [-0.2, -0.15) is 0 Å². The molecule has 0 saturated carbocycles. The minimum atomic E-state index is -0.250. The van der Waals surface area contributed by atoms with Gasteiger partial charge in [-0.15, -0.1) is 0 Å². The van der Waals surface area contributed by atoms with E-state index in [4.69, 9.17) is 0 Å². The lowest BCUT2D eigenvalue weighted by atomic mass is 10.1. The quantitative estimate of drug-likeness (QED) is 0.668. The summed E-state index contributed by atoms with van der Waals surface area (Å²) >= 11 is 0. The molecule has 0 unspecified atom stereocenters. The van der Waals surface area contributed by atoms with E-state index in [9.17, 15) is 4.79 Å². The number of hydrogen-bond acceptors (Lipinski definition) is 3.